The summed E-state index contributed by atoms with van der Waals surface area (Å²) in [5.41, 5.74) is 1.57. The van der Waals surface area contributed by atoms with E-state index in [-0.39, 0.29) is 6.61 Å². The van der Waals surface area contributed by atoms with Gasteiger partial charge in [0.1, 0.15) is 11.6 Å². The number of nitrogens with zero attached hydrogens (tertiary/aromatic N) is 3. The molecule has 1 aromatic rings. The number of aromatic nitrogens is 1. The van der Waals surface area contributed by atoms with Crippen LogP contribution in [0.5, 0.6) is 0 Å². The summed E-state index contributed by atoms with van der Waals surface area (Å²) in [6.45, 7) is 4.45. The fourth-order valence-corrected chi connectivity index (χ4v) is 4.69. The highest BCUT2D eigenvalue weighted by molar-refractivity contribution is 6.02. The maximum Gasteiger partial charge on any atom is 0.137 e. The Bertz CT molecular complexity index is 642. The van der Waals surface area contributed by atoms with E-state index in [0.717, 1.165) is 62.6 Å². The molecule has 3 N–H and O–H groups in total. The average molecular weight is 402 g/mol. The van der Waals surface area contributed by atoms with Crippen LogP contribution in [0.4, 0.5) is 11.6 Å². The lowest BCUT2D eigenvalue weighted by molar-refractivity contribution is 0.0898. The van der Waals surface area contributed by atoms with Crippen molar-refractivity contribution in [1.82, 2.24) is 9.88 Å². The molecule has 2 aliphatic heterocycles. The molecule has 0 bridgehead atoms. The molecule has 0 aliphatic carbocycles. The standard InChI is InChI=1S/C23H39N5O/c1-25-23-20(12-13-22(26-23)28-15-6-3-2-4-7-16-28)21(24)11-9-17-27-14-8-5-10-19(27)18-29/h12-13,19,24,29H,2-11,14-18H2,1H3,(H,25,26). The molecule has 162 valence electrons. The van der Waals surface area contributed by atoms with Crippen molar-refractivity contribution in [3.63, 3.8) is 0 Å². The van der Waals surface area contributed by atoms with Crippen molar-refractivity contribution in [1.29, 1.82) is 5.41 Å². The Morgan fingerprint density at radius 3 is 2.55 bits per heavy atom. The second-order valence-electron chi connectivity index (χ2n) is 8.52. The van der Waals surface area contributed by atoms with Gasteiger partial charge in [0.25, 0.3) is 0 Å². The van der Waals surface area contributed by atoms with Gasteiger partial charge in [-0.25, -0.2) is 4.98 Å². The molecule has 1 atom stereocenters. The maximum atomic E-state index is 9.58. The lowest BCUT2D eigenvalue weighted by atomic mass is 10.0. The minimum atomic E-state index is 0.253. The first kappa shape index (κ1) is 22.0. The van der Waals surface area contributed by atoms with Crippen molar-refractivity contribution in [3.05, 3.63) is 17.7 Å². The summed E-state index contributed by atoms with van der Waals surface area (Å²) in [6.07, 6.45) is 11.7. The zero-order valence-electron chi connectivity index (χ0n) is 18.1. The van der Waals surface area contributed by atoms with Crippen LogP contribution in [0.3, 0.4) is 0 Å². The fourth-order valence-electron chi connectivity index (χ4n) is 4.69. The minimum Gasteiger partial charge on any atom is -0.395 e. The number of hydrogen-bond acceptors (Lipinski definition) is 6. The van der Waals surface area contributed by atoms with Crippen LogP contribution in [0.1, 0.15) is 69.8 Å². The van der Waals surface area contributed by atoms with Crippen LogP contribution < -0.4 is 10.2 Å². The predicted octanol–water partition coefficient (Wildman–Crippen LogP) is 3.89. The number of aliphatic hydroxyl groups is 1. The monoisotopic (exact) mass is 401 g/mol. The summed E-state index contributed by atoms with van der Waals surface area (Å²) in [7, 11) is 1.90. The summed E-state index contributed by atoms with van der Waals surface area (Å²) in [4.78, 5) is 9.67. The molecule has 0 amide bonds. The van der Waals surface area contributed by atoms with Gasteiger partial charge in [0.15, 0.2) is 0 Å². The predicted molar refractivity (Wildman–Crippen MR) is 121 cm³/mol. The molecule has 6 heteroatoms. The molecule has 0 aromatic carbocycles. The van der Waals surface area contributed by atoms with Crippen LogP contribution >= 0.6 is 0 Å². The van der Waals surface area contributed by atoms with Crippen molar-refractivity contribution in [2.24, 2.45) is 0 Å². The van der Waals surface area contributed by atoms with Crippen LogP contribution in [0, 0.1) is 5.41 Å². The van der Waals surface area contributed by atoms with Crippen molar-refractivity contribution >= 4 is 17.3 Å². The molecule has 3 rings (SSSR count). The van der Waals surface area contributed by atoms with E-state index in [1.165, 1.54) is 44.9 Å². The Balaban J connectivity index is 1.58. The molecule has 1 aromatic heterocycles. The molecule has 0 saturated carbocycles. The van der Waals surface area contributed by atoms with Crippen LogP contribution in [0.2, 0.25) is 0 Å². The number of likely N-dealkylation sites (tertiary alicyclic amines) is 1. The normalized spacial score (nSPS) is 21.4. The topological polar surface area (TPSA) is 75.5 Å². The van der Waals surface area contributed by atoms with Crippen LogP contribution in [-0.4, -0.2) is 66.6 Å². The minimum absolute atomic E-state index is 0.253. The average Bonchev–Trinajstić information content (AvgIpc) is 2.73. The number of nitrogens with one attached hydrogen (secondary N) is 2. The molecule has 29 heavy (non-hydrogen) atoms. The number of pyridine rings is 1. The lowest BCUT2D eigenvalue weighted by Gasteiger charge is -2.34. The number of anilines is 2. The Labute approximate surface area is 176 Å². The first-order valence-electron chi connectivity index (χ1n) is 11.6. The zero-order chi connectivity index (χ0) is 20.5. The van der Waals surface area contributed by atoms with E-state index in [0.29, 0.717) is 11.8 Å². The molecule has 0 spiro atoms. The Morgan fingerprint density at radius 2 is 1.83 bits per heavy atom. The van der Waals surface area contributed by atoms with Crippen molar-refractivity contribution < 1.29 is 5.11 Å². The van der Waals surface area contributed by atoms with Crippen molar-refractivity contribution in [2.45, 2.75) is 70.3 Å². The molecule has 2 saturated heterocycles. The van der Waals surface area contributed by atoms with E-state index in [2.05, 4.69) is 27.2 Å². The highest BCUT2D eigenvalue weighted by Gasteiger charge is 2.21. The third kappa shape index (κ3) is 6.16. The Morgan fingerprint density at radius 1 is 1.10 bits per heavy atom. The number of hydrogen-bond donors (Lipinski definition) is 3. The van der Waals surface area contributed by atoms with Crippen LogP contribution in [-0.2, 0) is 0 Å². The first-order chi connectivity index (χ1) is 14.2. The molecular formula is C23H39N5O. The third-order valence-corrected chi connectivity index (χ3v) is 6.45. The zero-order valence-corrected chi connectivity index (χ0v) is 18.1. The summed E-state index contributed by atoms with van der Waals surface area (Å²) in [5, 5.41) is 21.4. The van der Waals surface area contributed by atoms with Gasteiger partial charge in [-0.05, 0) is 63.7 Å². The molecule has 2 aliphatic rings. The smallest absolute Gasteiger partial charge is 0.137 e. The van der Waals surface area contributed by atoms with E-state index in [1.807, 2.05) is 7.05 Å². The van der Waals surface area contributed by atoms with Gasteiger partial charge in [-0.3, -0.25) is 4.90 Å². The van der Waals surface area contributed by atoms with Gasteiger partial charge in [0, 0.05) is 37.5 Å². The van der Waals surface area contributed by atoms with E-state index in [4.69, 9.17) is 10.4 Å². The lowest BCUT2D eigenvalue weighted by Crippen LogP contribution is -2.42. The van der Waals surface area contributed by atoms with Crippen LogP contribution in [0.15, 0.2) is 12.1 Å². The quantitative estimate of drug-likeness (QED) is 0.576. The molecule has 6 nitrogen and oxygen atoms in total. The number of aliphatic hydroxyl groups excluding tert-OH is 1. The summed E-state index contributed by atoms with van der Waals surface area (Å²) < 4.78 is 0. The Kier molecular flexibility index (Phi) is 8.74. The fraction of sp³-hybridized carbons (Fsp3) is 0.739. The van der Waals surface area contributed by atoms with Crippen LogP contribution in [0.25, 0.3) is 0 Å². The largest absolute Gasteiger partial charge is 0.395 e. The summed E-state index contributed by atoms with van der Waals surface area (Å²) in [6, 6.07) is 4.48. The first-order valence-corrected chi connectivity index (χ1v) is 11.6. The Hall–Kier alpha value is -1.66. The summed E-state index contributed by atoms with van der Waals surface area (Å²) in [5.74, 6) is 1.85. The van der Waals surface area contributed by atoms with E-state index < -0.39 is 0 Å². The van der Waals surface area contributed by atoms with E-state index >= 15 is 0 Å². The second-order valence-corrected chi connectivity index (χ2v) is 8.52. The molecule has 0 radical (unpaired) electrons. The molecule has 2 fully saturated rings. The molecule has 3 heterocycles. The highest BCUT2D eigenvalue weighted by atomic mass is 16.3. The summed E-state index contributed by atoms with van der Waals surface area (Å²) >= 11 is 0. The molecular weight excluding hydrogens is 362 g/mol. The van der Waals surface area contributed by atoms with Gasteiger partial charge in [0.2, 0.25) is 0 Å². The van der Waals surface area contributed by atoms with Crippen molar-refractivity contribution in [3.8, 4) is 0 Å². The SMILES string of the molecule is CNc1nc(N2CCCCCCC2)ccc1C(=N)CCCN1CCCCC1CO. The van der Waals surface area contributed by atoms with Crippen molar-refractivity contribution in [2.75, 3.05) is 50.1 Å². The van der Waals surface area contributed by atoms with Gasteiger partial charge in [0.05, 0.1) is 6.61 Å². The third-order valence-electron chi connectivity index (χ3n) is 6.45. The number of rotatable bonds is 8. The highest BCUT2D eigenvalue weighted by Crippen LogP contribution is 2.23. The van der Waals surface area contributed by atoms with Gasteiger partial charge >= 0.3 is 0 Å². The van der Waals surface area contributed by atoms with Gasteiger partial charge in [-0.2, -0.15) is 0 Å². The van der Waals surface area contributed by atoms with Gasteiger partial charge in [-0.15, -0.1) is 0 Å². The van der Waals surface area contributed by atoms with E-state index in [1.54, 1.807) is 0 Å². The number of piperidine rings is 1. The van der Waals surface area contributed by atoms with E-state index in [9.17, 15) is 5.11 Å². The maximum absolute atomic E-state index is 9.58. The van der Waals surface area contributed by atoms with Gasteiger partial charge in [-0.1, -0.05) is 25.7 Å². The van der Waals surface area contributed by atoms with Gasteiger partial charge < -0.3 is 20.7 Å². The molecule has 1 unspecified atom stereocenters. The second kappa shape index (κ2) is 11.5.